The van der Waals surface area contributed by atoms with Gasteiger partial charge in [0.2, 0.25) is 0 Å². The molecule has 1 aliphatic heterocycles. The van der Waals surface area contributed by atoms with Crippen LogP contribution in [0.25, 0.3) is 0 Å². The summed E-state index contributed by atoms with van der Waals surface area (Å²) in [4.78, 5) is 13.3. The standard InChI is InChI=1S/C15H21N3O2/c1-2-20-14-9-12(10-14)17-11-3-5-13(6-4-11)18-8-7-16-15(18)19/h3-6,12,14,17H,2,7-10H2,1H3,(H,16,19). The predicted molar refractivity (Wildman–Crippen MR) is 79.2 cm³/mol. The van der Waals surface area contributed by atoms with E-state index in [1.54, 1.807) is 4.90 Å². The molecule has 1 saturated carbocycles. The van der Waals surface area contributed by atoms with Crippen LogP contribution >= 0.6 is 0 Å². The van der Waals surface area contributed by atoms with Gasteiger partial charge in [0.05, 0.1) is 6.10 Å². The largest absolute Gasteiger partial charge is 0.382 e. The van der Waals surface area contributed by atoms with Gasteiger partial charge in [-0.15, -0.1) is 0 Å². The van der Waals surface area contributed by atoms with Crippen LogP contribution in [0.2, 0.25) is 0 Å². The van der Waals surface area contributed by atoms with Gasteiger partial charge in [-0.1, -0.05) is 0 Å². The van der Waals surface area contributed by atoms with Crippen molar-refractivity contribution >= 4 is 17.4 Å². The molecular weight excluding hydrogens is 254 g/mol. The molecule has 1 aromatic rings. The topological polar surface area (TPSA) is 53.6 Å². The number of amides is 2. The molecule has 2 amide bonds. The third-order valence-electron chi connectivity index (χ3n) is 3.90. The summed E-state index contributed by atoms with van der Waals surface area (Å²) in [6, 6.07) is 8.55. The maximum absolute atomic E-state index is 11.6. The molecule has 0 spiro atoms. The first-order valence-corrected chi connectivity index (χ1v) is 7.30. The van der Waals surface area contributed by atoms with Gasteiger partial charge in [-0.05, 0) is 44.0 Å². The Hall–Kier alpha value is -1.75. The SMILES string of the molecule is CCOC1CC(Nc2ccc(N3CCNC3=O)cc2)C1. The second-order valence-corrected chi connectivity index (χ2v) is 5.32. The normalized spacial score (nSPS) is 25.2. The van der Waals surface area contributed by atoms with E-state index in [1.165, 1.54) is 0 Å². The Kier molecular flexibility index (Phi) is 3.78. The number of hydrogen-bond acceptors (Lipinski definition) is 3. The third-order valence-corrected chi connectivity index (χ3v) is 3.90. The van der Waals surface area contributed by atoms with Crippen LogP contribution in [-0.4, -0.2) is 37.9 Å². The first kappa shape index (κ1) is 13.2. The van der Waals surface area contributed by atoms with E-state index in [-0.39, 0.29) is 6.03 Å². The minimum absolute atomic E-state index is 0.00995. The highest BCUT2D eigenvalue weighted by Gasteiger charge is 2.29. The van der Waals surface area contributed by atoms with Crippen LogP contribution in [0.4, 0.5) is 16.2 Å². The first-order chi connectivity index (χ1) is 9.76. The molecule has 1 heterocycles. The smallest absolute Gasteiger partial charge is 0.321 e. The van der Waals surface area contributed by atoms with Crippen molar-refractivity contribution in [3.8, 4) is 0 Å². The number of benzene rings is 1. The van der Waals surface area contributed by atoms with Crippen molar-refractivity contribution in [2.75, 3.05) is 29.9 Å². The van der Waals surface area contributed by atoms with E-state index in [0.717, 1.165) is 43.9 Å². The van der Waals surface area contributed by atoms with Crippen molar-refractivity contribution in [3.63, 3.8) is 0 Å². The Morgan fingerprint density at radius 3 is 2.70 bits per heavy atom. The Bertz CT molecular complexity index is 469. The van der Waals surface area contributed by atoms with Gasteiger partial charge in [-0.3, -0.25) is 4.90 Å². The number of nitrogens with one attached hydrogen (secondary N) is 2. The van der Waals surface area contributed by atoms with E-state index in [9.17, 15) is 4.79 Å². The van der Waals surface area contributed by atoms with Crippen LogP contribution in [-0.2, 0) is 4.74 Å². The highest BCUT2D eigenvalue weighted by Crippen LogP contribution is 2.27. The number of anilines is 2. The monoisotopic (exact) mass is 275 g/mol. The van der Waals surface area contributed by atoms with Crippen molar-refractivity contribution in [2.24, 2.45) is 0 Å². The molecule has 0 bridgehead atoms. The van der Waals surface area contributed by atoms with Crippen molar-refractivity contribution in [1.82, 2.24) is 5.32 Å². The lowest BCUT2D eigenvalue weighted by Gasteiger charge is -2.36. The molecule has 3 rings (SSSR count). The van der Waals surface area contributed by atoms with Crippen LogP contribution < -0.4 is 15.5 Å². The zero-order chi connectivity index (χ0) is 13.9. The molecule has 20 heavy (non-hydrogen) atoms. The number of ether oxygens (including phenoxy) is 1. The van der Waals surface area contributed by atoms with E-state index >= 15 is 0 Å². The van der Waals surface area contributed by atoms with Crippen LogP contribution in [0, 0.1) is 0 Å². The molecule has 5 nitrogen and oxygen atoms in total. The molecular formula is C15H21N3O2. The highest BCUT2D eigenvalue weighted by atomic mass is 16.5. The molecule has 2 aliphatic rings. The highest BCUT2D eigenvalue weighted by molar-refractivity contribution is 5.94. The Labute approximate surface area is 119 Å². The molecule has 0 atom stereocenters. The fourth-order valence-corrected chi connectivity index (χ4v) is 2.75. The third kappa shape index (κ3) is 2.72. The summed E-state index contributed by atoms with van der Waals surface area (Å²) in [6.45, 7) is 4.29. The van der Waals surface area contributed by atoms with Crippen LogP contribution in [0.3, 0.4) is 0 Å². The number of rotatable bonds is 5. The number of carbonyl (C=O) groups is 1. The van der Waals surface area contributed by atoms with Gasteiger partial charge in [0.15, 0.2) is 0 Å². The molecule has 1 aliphatic carbocycles. The fraction of sp³-hybridized carbons (Fsp3) is 0.533. The lowest BCUT2D eigenvalue weighted by molar-refractivity contribution is 0.00299. The Morgan fingerprint density at radius 2 is 2.10 bits per heavy atom. The summed E-state index contributed by atoms with van der Waals surface area (Å²) in [6.07, 6.45) is 2.57. The van der Waals surface area contributed by atoms with Gasteiger partial charge in [0, 0.05) is 37.1 Å². The van der Waals surface area contributed by atoms with E-state index in [1.807, 2.05) is 31.2 Å². The summed E-state index contributed by atoms with van der Waals surface area (Å²) >= 11 is 0. The van der Waals surface area contributed by atoms with Crippen molar-refractivity contribution < 1.29 is 9.53 Å². The fourth-order valence-electron chi connectivity index (χ4n) is 2.75. The number of carbonyl (C=O) groups excluding carboxylic acids is 1. The number of hydrogen-bond donors (Lipinski definition) is 2. The minimum atomic E-state index is -0.00995. The number of urea groups is 1. The average molecular weight is 275 g/mol. The predicted octanol–water partition coefficient (Wildman–Crippen LogP) is 2.20. The summed E-state index contributed by atoms with van der Waals surface area (Å²) < 4.78 is 5.55. The van der Waals surface area contributed by atoms with E-state index < -0.39 is 0 Å². The van der Waals surface area contributed by atoms with Crippen molar-refractivity contribution in [2.45, 2.75) is 31.9 Å². The summed E-state index contributed by atoms with van der Waals surface area (Å²) in [5.41, 5.74) is 2.06. The van der Waals surface area contributed by atoms with Gasteiger partial charge >= 0.3 is 6.03 Å². The summed E-state index contributed by atoms with van der Waals surface area (Å²) in [5.74, 6) is 0. The molecule has 1 saturated heterocycles. The Balaban J connectivity index is 1.53. The zero-order valence-corrected chi connectivity index (χ0v) is 11.8. The lowest BCUT2D eigenvalue weighted by Crippen LogP contribution is -2.40. The van der Waals surface area contributed by atoms with Crippen LogP contribution in [0.1, 0.15) is 19.8 Å². The molecule has 5 heteroatoms. The summed E-state index contributed by atoms with van der Waals surface area (Å²) in [5, 5.41) is 6.30. The lowest BCUT2D eigenvalue weighted by atomic mass is 9.89. The molecule has 0 unspecified atom stereocenters. The average Bonchev–Trinajstić information content (AvgIpc) is 2.83. The quantitative estimate of drug-likeness (QED) is 0.866. The molecule has 2 fully saturated rings. The molecule has 0 radical (unpaired) electrons. The van der Waals surface area contributed by atoms with E-state index in [2.05, 4.69) is 10.6 Å². The van der Waals surface area contributed by atoms with Gasteiger partial charge in [-0.25, -0.2) is 4.79 Å². The van der Waals surface area contributed by atoms with Gasteiger partial charge in [-0.2, -0.15) is 0 Å². The molecule has 2 N–H and O–H groups in total. The molecule has 0 aromatic heterocycles. The number of nitrogens with zero attached hydrogens (tertiary/aromatic N) is 1. The second kappa shape index (κ2) is 5.71. The maximum atomic E-state index is 11.6. The van der Waals surface area contributed by atoms with Crippen LogP contribution in [0.5, 0.6) is 0 Å². The van der Waals surface area contributed by atoms with Crippen molar-refractivity contribution in [3.05, 3.63) is 24.3 Å². The zero-order valence-electron chi connectivity index (χ0n) is 11.8. The first-order valence-electron chi connectivity index (χ1n) is 7.30. The van der Waals surface area contributed by atoms with Gasteiger partial charge in [0.25, 0.3) is 0 Å². The Morgan fingerprint density at radius 1 is 1.35 bits per heavy atom. The van der Waals surface area contributed by atoms with E-state index in [4.69, 9.17) is 4.74 Å². The molecule has 108 valence electrons. The van der Waals surface area contributed by atoms with Gasteiger partial charge < -0.3 is 15.4 Å². The molecule has 1 aromatic carbocycles. The second-order valence-electron chi connectivity index (χ2n) is 5.32. The maximum Gasteiger partial charge on any atom is 0.321 e. The van der Waals surface area contributed by atoms with Crippen LogP contribution in [0.15, 0.2) is 24.3 Å². The minimum Gasteiger partial charge on any atom is -0.382 e. The summed E-state index contributed by atoms with van der Waals surface area (Å²) in [7, 11) is 0. The van der Waals surface area contributed by atoms with Gasteiger partial charge in [0.1, 0.15) is 0 Å². The van der Waals surface area contributed by atoms with Crippen molar-refractivity contribution in [1.29, 1.82) is 0 Å². The van der Waals surface area contributed by atoms with E-state index in [0.29, 0.717) is 12.1 Å².